The van der Waals surface area contributed by atoms with Crippen LogP contribution in [-0.2, 0) is 22.6 Å². The molecule has 5 rings (SSSR count). The summed E-state index contributed by atoms with van der Waals surface area (Å²) < 4.78 is 35.6. The number of hydrogen-bond acceptors (Lipinski definition) is 10. The quantitative estimate of drug-likeness (QED) is 0.215. The highest BCUT2D eigenvalue weighted by atomic mass is 16.6. The molecular weight excluding hydrogens is 560 g/mol. The molecule has 0 atom stereocenters. The van der Waals surface area contributed by atoms with E-state index in [1.54, 1.807) is 0 Å². The molecule has 44 heavy (non-hydrogen) atoms. The summed E-state index contributed by atoms with van der Waals surface area (Å²) in [5, 5.41) is 6.84. The number of ether oxygens (including phenoxy) is 6. The predicted octanol–water partition coefficient (Wildman–Crippen LogP) is 5.34. The van der Waals surface area contributed by atoms with Gasteiger partial charge in [0.05, 0.1) is 26.4 Å². The fourth-order valence-corrected chi connectivity index (χ4v) is 4.43. The highest BCUT2D eigenvalue weighted by Crippen LogP contribution is 2.32. The van der Waals surface area contributed by atoms with Gasteiger partial charge >= 0.3 is 0 Å². The summed E-state index contributed by atoms with van der Waals surface area (Å²) in [4.78, 5) is 0. The molecule has 0 bridgehead atoms. The van der Waals surface area contributed by atoms with Gasteiger partial charge in [0.15, 0.2) is 23.0 Å². The van der Waals surface area contributed by atoms with Crippen LogP contribution in [0.5, 0.6) is 23.0 Å². The van der Waals surface area contributed by atoms with Crippen LogP contribution in [0.2, 0.25) is 0 Å². The highest BCUT2D eigenvalue weighted by Gasteiger charge is 2.10. The maximum Gasteiger partial charge on any atom is 0.163 e. The Morgan fingerprint density at radius 3 is 1.18 bits per heavy atom. The molecule has 0 saturated carbocycles. The first-order chi connectivity index (χ1) is 21.6. The zero-order valence-corrected chi connectivity index (χ0v) is 24.8. The zero-order valence-electron chi connectivity index (χ0n) is 24.8. The summed E-state index contributed by atoms with van der Waals surface area (Å²) >= 11 is 0. The Morgan fingerprint density at radius 2 is 0.795 bits per heavy atom. The molecule has 0 radical (unpaired) electrons. The fourth-order valence-electron chi connectivity index (χ4n) is 4.43. The maximum absolute atomic E-state index is 6.06. The van der Waals surface area contributed by atoms with E-state index in [9.17, 15) is 0 Å². The summed E-state index contributed by atoms with van der Waals surface area (Å²) in [5.41, 5.74) is 17.2. The first-order valence-corrected chi connectivity index (χ1v) is 14.7. The van der Waals surface area contributed by atoms with Gasteiger partial charge in [-0.1, -0.05) is 24.3 Å². The molecule has 0 fully saturated rings. The Hall–Kier alpha value is -4.80. The molecule has 0 spiro atoms. The van der Waals surface area contributed by atoms with Gasteiger partial charge in [0, 0.05) is 48.0 Å². The van der Waals surface area contributed by atoms with Crippen LogP contribution in [0.25, 0.3) is 0 Å². The van der Waals surface area contributed by atoms with Crippen LogP contribution in [0.15, 0.2) is 84.9 Å². The molecule has 0 unspecified atom stereocenters. The summed E-state index contributed by atoms with van der Waals surface area (Å²) in [6.45, 7) is 4.34. The molecule has 0 saturated heterocycles. The van der Waals surface area contributed by atoms with E-state index in [4.69, 9.17) is 39.9 Å². The van der Waals surface area contributed by atoms with Crippen LogP contribution in [-0.4, -0.2) is 52.9 Å². The van der Waals surface area contributed by atoms with Gasteiger partial charge in [-0.05, 0) is 59.7 Å². The molecule has 1 heterocycles. The number of nitrogens with one attached hydrogen (secondary N) is 2. The fraction of sp³-hybridized carbons (Fsp3) is 0.294. The van der Waals surface area contributed by atoms with Crippen LogP contribution in [0, 0.1) is 0 Å². The largest absolute Gasteiger partial charge is 0.487 e. The number of benzene rings is 4. The van der Waals surface area contributed by atoms with Gasteiger partial charge in [-0.15, -0.1) is 0 Å². The minimum absolute atomic E-state index is 0.354. The van der Waals surface area contributed by atoms with E-state index in [2.05, 4.69) is 10.6 Å². The van der Waals surface area contributed by atoms with Crippen molar-refractivity contribution in [1.82, 2.24) is 0 Å². The van der Waals surface area contributed by atoms with Gasteiger partial charge in [-0.2, -0.15) is 0 Å². The van der Waals surface area contributed by atoms with Gasteiger partial charge in [-0.3, -0.25) is 0 Å². The summed E-state index contributed by atoms with van der Waals surface area (Å²) in [6, 6.07) is 27.1. The van der Waals surface area contributed by atoms with Gasteiger partial charge in [0.2, 0.25) is 0 Å². The topological polar surface area (TPSA) is 131 Å². The van der Waals surface area contributed by atoms with Crippen molar-refractivity contribution in [2.45, 2.75) is 13.1 Å². The lowest BCUT2D eigenvalue weighted by Crippen LogP contribution is -2.15. The minimum Gasteiger partial charge on any atom is -0.487 e. The lowest BCUT2D eigenvalue weighted by Gasteiger charge is -2.17. The van der Waals surface area contributed by atoms with Crippen molar-refractivity contribution in [1.29, 1.82) is 0 Å². The third-order valence-electron chi connectivity index (χ3n) is 6.78. The molecular formula is C34H40N4O6. The smallest absolute Gasteiger partial charge is 0.163 e. The SMILES string of the molecule is Nc1ccc(CNc2ccc3c(c2)OCCOCCOc2cc(NCc4ccc(N)cc4)ccc2OCCOCCO3)cc1. The molecule has 10 nitrogen and oxygen atoms in total. The molecule has 4 aromatic rings. The highest BCUT2D eigenvalue weighted by molar-refractivity contribution is 5.56. The van der Waals surface area contributed by atoms with Crippen LogP contribution in [0.4, 0.5) is 22.7 Å². The average molecular weight is 601 g/mol. The van der Waals surface area contributed by atoms with Gasteiger partial charge in [0.25, 0.3) is 0 Å². The minimum atomic E-state index is 0.354. The second-order valence-corrected chi connectivity index (χ2v) is 10.1. The van der Waals surface area contributed by atoms with Crippen LogP contribution in [0.1, 0.15) is 11.1 Å². The Balaban J connectivity index is 1.16. The number of fused-ring (bicyclic) bond motifs is 2. The number of rotatable bonds is 6. The molecule has 6 N–H and O–H groups in total. The second-order valence-electron chi connectivity index (χ2n) is 10.1. The van der Waals surface area contributed by atoms with E-state index in [1.165, 1.54) is 0 Å². The van der Waals surface area contributed by atoms with Crippen LogP contribution < -0.4 is 41.0 Å². The molecule has 0 aliphatic carbocycles. The van der Waals surface area contributed by atoms with Crippen molar-refractivity contribution < 1.29 is 28.4 Å². The van der Waals surface area contributed by atoms with E-state index in [0.717, 1.165) is 33.9 Å². The third kappa shape index (κ3) is 9.62. The molecule has 4 aromatic carbocycles. The van der Waals surface area contributed by atoms with Gasteiger partial charge < -0.3 is 50.5 Å². The number of anilines is 4. The summed E-state index contributed by atoms with van der Waals surface area (Å²) in [6.07, 6.45) is 0. The van der Waals surface area contributed by atoms with Gasteiger partial charge in [0.1, 0.15) is 26.4 Å². The molecule has 10 heteroatoms. The van der Waals surface area contributed by atoms with Gasteiger partial charge in [-0.25, -0.2) is 0 Å². The molecule has 0 aromatic heterocycles. The summed E-state index contributed by atoms with van der Waals surface area (Å²) in [7, 11) is 0. The van der Waals surface area contributed by atoms with Crippen molar-refractivity contribution in [3.8, 4) is 23.0 Å². The molecule has 1 aliphatic heterocycles. The van der Waals surface area contributed by atoms with E-state index in [-0.39, 0.29) is 0 Å². The Bertz CT molecular complexity index is 1340. The monoisotopic (exact) mass is 600 g/mol. The third-order valence-corrected chi connectivity index (χ3v) is 6.78. The van der Waals surface area contributed by atoms with Crippen molar-refractivity contribution >= 4 is 22.7 Å². The Morgan fingerprint density at radius 1 is 0.432 bits per heavy atom. The molecule has 0 amide bonds. The predicted molar refractivity (Wildman–Crippen MR) is 173 cm³/mol. The zero-order chi connectivity index (χ0) is 30.4. The summed E-state index contributed by atoms with van der Waals surface area (Å²) in [5.74, 6) is 2.54. The van der Waals surface area contributed by atoms with Crippen molar-refractivity contribution in [3.63, 3.8) is 0 Å². The standard InChI is InChI=1S/C34H40N4O6/c35-27-5-1-25(2-6-27)23-37-29-9-11-31-33(21-29)43-19-15-40-16-20-44-34-22-30(38-24-26-3-7-28(36)8-4-26)10-12-32(34)42-18-14-39-13-17-41-31/h1-12,21-22,37-38H,13-20,23-24,35-36H2. The second kappa shape index (κ2) is 16.2. The van der Waals surface area contributed by atoms with Crippen LogP contribution in [0.3, 0.4) is 0 Å². The first-order valence-electron chi connectivity index (χ1n) is 14.7. The van der Waals surface area contributed by atoms with E-state index < -0.39 is 0 Å². The number of nitrogen functional groups attached to an aromatic ring is 2. The van der Waals surface area contributed by atoms with Crippen molar-refractivity contribution in [2.75, 3.05) is 75.0 Å². The van der Waals surface area contributed by atoms with E-state index in [0.29, 0.717) is 88.9 Å². The van der Waals surface area contributed by atoms with Crippen molar-refractivity contribution in [2.24, 2.45) is 0 Å². The van der Waals surface area contributed by atoms with E-state index in [1.807, 2.05) is 84.9 Å². The molecule has 232 valence electrons. The Kier molecular flexibility index (Phi) is 11.3. The van der Waals surface area contributed by atoms with Crippen molar-refractivity contribution in [3.05, 3.63) is 96.1 Å². The maximum atomic E-state index is 6.06. The van der Waals surface area contributed by atoms with Crippen LogP contribution >= 0.6 is 0 Å². The number of nitrogens with two attached hydrogens (primary N) is 2. The lowest BCUT2D eigenvalue weighted by atomic mass is 10.2. The first kappa shape index (κ1) is 30.7. The normalized spacial score (nSPS) is 14.5. The van der Waals surface area contributed by atoms with E-state index >= 15 is 0 Å². The average Bonchev–Trinajstić information content (AvgIpc) is 3.04. The lowest BCUT2D eigenvalue weighted by molar-refractivity contribution is 0.0640. The molecule has 1 aliphatic rings. The number of hydrogen-bond donors (Lipinski definition) is 4. The Labute approximate surface area is 258 Å².